The van der Waals surface area contributed by atoms with Gasteiger partial charge in [0.05, 0.1) is 21.7 Å². The smallest absolute Gasteiger partial charge is 0.255 e. The first kappa shape index (κ1) is 21.7. The molecule has 176 valence electrons. The molecule has 0 bridgehead atoms. The fourth-order valence-electron chi connectivity index (χ4n) is 5.56. The zero-order chi connectivity index (χ0) is 23.4. The normalized spacial score (nSPS) is 21.2. The van der Waals surface area contributed by atoms with E-state index in [1.165, 1.54) is 29.8 Å². The fourth-order valence-corrected chi connectivity index (χ4v) is 7.02. The molecule has 0 radical (unpaired) electrons. The van der Waals surface area contributed by atoms with E-state index in [0.29, 0.717) is 11.9 Å². The molecule has 2 aliphatic heterocycles. The Balaban J connectivity index is 1.24. The third-order valence-electron chi connectivity index (χ3n) is 7.51. The first-order chi connectivity index (χ1) is 16.5. The Morgan fingerprint density at radius 3 is 2.79 bits per heavy atom. The summed E-state index contributed by atoms with van der Waals surface area (Å²) in [5.74, 6) is 1.97. The number of nitrogens with one attached hydrogen (secondary N) is 1. The van der Waals surface area contributed by atoms with Gasteiger partial charge in [-0.1, -0.05) is 6.07 Å². The maximum Gasteiger partial charge on any atom is 0.255 e. The van der Waals surface area contributed by atoms with Crippen LogP contribution in [0.25, 0.3) is 10.6 Å². The largest absolute Gasteiger partial charge is 0.328 e. The predicted octanol–water partition coefficient (Wildman–Crippen LogP) is 4.93. The maximum absolute atomic E-state index is 13.0. The van der Waals surface area contributed by atoms with E-state index in [1.807, 2.05) is 36.4 Å². The van der Waals surface area contributed by atoms with Gasteiger partial charge in [-0.3, -0.25) is 4.79 Å². The monoisotopic (exact) mass is 474 g/mol. The lowest BCUT2D eigenvalue weighted by molar-refractivity contribution is 0.0714. The van der Waals surface area contributed by atoms with Gasteiger partial charge in [0, 0.05) is 30.4 Å². The number of rotatable bonds is 5. The van der Waals surface area contributed by atoms with E-state index >= 15 is 0 Å². The van der Waals surface area contributed by atoms with E-state index in [2.05, 4.69) is 40.2 Å². The van der Waals surface area contributed by atoms with Crippen molar-refractivity contribution >= 4 is 29.0 Å². The molecule has 6 rings (SSSR count). The summed E-state index contributed by atoms with van der Waals surface area (Å²) in [6.45, 7) is 7.11. The van der Waals surface area contributed by atoms with Crippen LogP contribution in [0.15, 0.2) is 30.6 Å². The summed E-state index contributed by atoms with van der Waals surface area (Å²) in [6, 6.07) is 6.21. The van der Waals surface area contributed by atoms with Crippen molar-refractivity contribution < 1.29 is 4.79 Å². The van der Waals surface area contributed by atoms with Crippen LogP contribution in [0.2, 0.25) is 0 Å². The standard InChI is InChI=1S/C26H30N6OS/c1-4-32-24(33)19-12-20(34-23(19)26(32)9-10-26)22-16(2)13-28-25(30-22)29-21-8-7-17(14-27-21)18-6-5-11-31(3)15-18/h7-8,12-14,18H,4-6,9-11,15H2,1-3H3,(H,27,28,29,30). The zero-order valence-corrected chi connectivity index (χ0v) is 20.8. The van der Waals surface area contributed by atoms with Gasteiger partial charge in [0.1, 0.15) is 5.82 Å². The van der Waals surface area contributed by atoms with Crippen LogP contribution in [-0.4, -0.2) is 57.3 Å². The van der Waals surface area contributed by atoms with Crippen LogP contribution in [-0.2, 0) is 5.54 Å². The SMILES string of the molecule is CCN1C(=O)c2cc(-c3nc(Nc4ccc(C5CCCN(C)C5)cn4)ncc3C)sc2C12CC2. The summed E-state index contributed by atoms with van der Waals surface area (Å²) in [5, 5.41) is 3.27. The molecular weight excluding hydrogens is 444 g/mol. The number of carbonyl (C=O) groups excluding carboxylic acids is 1. The number of aryl methyl sites for hydroxylation is 1. The van der Waals surface area contributed by atoms with Crippen molar-refractivity contribution in [1.29, 1.82) is 0 Å². The highest BCUT2D eigenvalue weighted by Gasteiger charge is 2.58. The van der Waals surface area contributed by atoms with Crippen LogP contribution < -0.4 is 5.32 Å². The molecule has 7 nitrogen and oxygen atoms in total. The summed E-state index contributed by atoms with van der Waals surface area (Å²) in [7, 11) is 2.18. The number of aromatic nitrogens is 3. The number of carbonyl (C=O) groups is 1. The second-order valence-corrected chi connectivity index (χ2v) is 10.9. The van der Waals surface area contributed by atoms with Crippen molar-refractivity contribution in [2.45, 2.75) is 51.0 Å². The van der Waals surface area contributed by atoms with E-state index in [1.54, 1.807) is 11.3 Å². The van der Waals surface area contributed by atoms with Crippen LogP contribution in [0.4, 0.5) is 11.8 Å². The van der Waals surface area contributed by atoms with E-state index in [0.717, 1.165) is 53.4 Å². The average Bonchev–Trinajstić information content (AvgIpc) is 3.45. The molecular formula is C26H30N6OS. The number of nitrogens with zero attached hydrogens (tertiary/aromatic N) is 5. The molecule has 2 fully saturated rings. The van der Waals surface area contributed by atoms with Crippen LogP contribution >= 0.6 is 11.3 Å². The molecule has 1 aliphatic carbocycles. The fraction of sp³-hybridized carbons (Fsp3) is 0.462. The lowest BCUT2D eigenvalue weighted by atomic mass is 9.92. The summed E-state index contributed by atoms with van der Waals surface area (Å²) >= 11 is 1.71. The first-order valence-corrected chi connectivity index (χ1v) is 13.0. The predicted molar refractivity (Wildman–Crippen MR) is 135 cm³/mol. The molecule has 1 atom stereocenters. The minimum absolute atomic E-state index is 0.0507. The molecule has 3 aromatic rings. The Kier molecular flexibility index (Phi) is 5.18. The zero-order valence-electron chi connectivity index (χ0n) is 20.0. The number of thiophene rings is 1. The molecule has 1 saturated heterocycles. The maximum atomic E-state index is 13.0. The second kappa shape index (κ2) is 8.13. The molecule has 1 amide bonds. The van der Waals surface area contributed by atoms with Crippen LogP contribution in [0, 0.1) is 6.92 Å². The van der Waals surface area contributed by atoms with Gasteiger partial charge in [-0.2, -0.15) is 0 Å². The second-order valence-electron chi connectivity index (χ2n) is 9.86. The minimum atomic E-state index is -0.0507. The minimum Gasteiger partial charge on any atom is -0.328 e. The Hall–Kier alpha value is -2.84. The Bertz CT molecular complexity index is 1250. The lowest BCUT2D eigenvalue weighted by Crippen LogP contribution is -2.33. The Morgan fingerprint density at radius 2 is 2.09 bits per heavy atom. The van der Waals surface area contributed by atoms with Crippen molar-refractivity contribution in [1.82, 2.24) is 24.8 Å². The van der Waals surface area contributed by atoms with E-state index in [4.69, 9.17) is 4.98 Å². The van der Waals surface area contributed by atoms with E-state index < -0.39 is 0 Å². The third kappa shape index (κ3) is 3.51. The Morgan fingerprint density at radius 1 is 1.24 bits per heavy atom. The summed E-state index contributed by atoms with van der Waals surface area (Å²) in [6.07, 6.45) is 8.40. The molecule has 1 spiro atoms. The van der Waals surface area contributed by atoms with Gasteiger partial charge in [-0.15, -0.1) is 11.3 Å². The summed E-state index contributed by atoms with van der Waals surface area (Å²) < 4.78 is 0. The number of anilines is 2. The molecule has 1 saturated carbocycles. The number of likely N-dealkylation sites (tertiary alicyclic amines) is 1. The number of pyridine rings is 1. The van der Waals surface area contributed by atoms with Gasteiger partial charge in [-0.25, -0.2) is 15.0 Å². The topological polar surface area (TPSA) is 74.2 Å². The molecule has 8 heteroatoms. The van der Waals surface area contributed by atoms with E-state index in [-0.39, 0.29) is 11.4 Å². The number of hydrogen-bond donors (Lipinski definition) is 1. The van der Waals surface area contributed by atoms with Crippen molar-refractivity contribution in [3.63, 3.8) is 0 Å². The summed E-state index contributed by atoms with van der Waals surface area (Å²) in [4.78, 5) is 33.6. The van der Waals surface area contributed by atoms with Gasteiger partial charge in [0.15, 0.2) is 0 Å². The van der Waals surface area contributed by atoms with E-state index in [9.17, 15) is 4.79 Å². The Labute approximate surface area is 204 Å². The number of amides is 1. The molecule has 3 aromatic heterocycles. The molecule has 1 unspecified atom stereocenters. The lowest BCUT2D eigenvalue weighted by Gasteiger charge is -2.29. The van der Waals surface area contributed by atoms with Crippen LogP contribution in [0.3, 0.4) is 0 Å². The highest BCUT2D eigenvalue weighted by molar-refractivity contribution is 7.16. The molecule has 0 aromatic carbocycles. The van der Waals surface area contributed by atoms with Crippen LogP contribution in [0.5, 0.6) is 0 Å². The average molecular weight is 475 g/mol. The summed E-state index contributed by atoms with van der Waals surface area (Å²) in [5.41, 5.74) is 3.98. The van der Waals surface area contributed by atoms with Gasteiger partial charge < -0.3 is 15.1 Å². The third-order valence-corrected chi connectivity index (χ3v) is 8.85. The van der Waals surface area contributed by atoms with Crippen molar-refractivity contribution in [3.05, 3.63) is 52.2 Å². The van der Waals surface area contributed by atoms with Gasteiger partial charge in [0.25, 0.3) is 5.91 Å². The number of hydrogen-bond acceptors (Lipinski definition) is 7. The van der Waals surface area contributed by atoms with Gasteiger partial charge in [0.2, 0.25) is 5.95 Å². The quantitative estimate of drug-likeness (QED) is 0.565. The highest BCUT2D eigenvalue weighted by Crippen LogP contribution is 2.59. The van der Waals surface area contributed by atoms with Crippen molar-refractivity contribution in [2.75, 3.05) is 32.0 Å². The van der Waals surface area contributed by atoms with Gasteiger partial charge >= 0.3 is 0 Å². The first-order valence-electron chi connectivity index (χ1n) is 12.2. The molecule has 5 heterocycles. The number of piperidine rings is 1. The van der Waals surface area contributed by atoms with Gasteiger partial charge in [-0.05, 0) is 82.3 Å². The molecule has 1 N–H and O–H groups in total. The van der Waals surface area contributed by atoms with Crippen LogP contribution in [0.1, 0.15) is 64.9 Å². The molecule has 3 aliphatic rings. The van der Waals surface area contributed by atoms with Crippen molar-refractivity contribution in [3.8, 4) is 10.6 Å². The number of likely N-dealkylation sites (N-methyl/N-ethyl adjacent to an activating group) is 1. The molecule has 34 heavy (non-hydrogen) atoms. The highest BCUT2D eigenvalue weighted by atomic mass is 32.1. The number of fused-ring (bicyclic) bond motifs is 2. The van der Waals surface area contributed by atoms with Crippen molar-refractivity contribution in [2.24, 2.45) is 0 Å².